The van der Waals surface area contributed by atoms with Gasteiger partial charge >= 0.3 is 0 Å². The molecule has 0 unspecified atom stereocenters. The Morgan fingerprint density at radius 2 is 2.21 bits per heavy atom. The second kappa shape index (κ2) is 4.93. The van der Waals surface area contributed by atoms with Crippen molar-refractivity contribution in [1.29, 1.82) is 0 Å². The number of anilines is 1. The van der Waals surface area contributed by atoms with Crippen LogP contribution < -0.4 is 5.32 Å². The van der Waals surface area contributed by atoms with Gasteiger partial charge in [-0.3, -0.25) is 14.6 Å². The van der Waals surface area contributed by atoms with Gasteiger partial charge in [-0.25, -0.2) is 0 Å². The van der Waals surface area contributed by atoms with Crippen molar-refractivity contribution < 1.29 is 4.79 Å². The number of nitrogens with one attached hydrogen (secondary N) is 2. The molecule has 2 N–H and O–H groups in total. The fourth-order valence-corrected chi connectivity index (χ4v) is 1.90. The third-order valence-electron chi connectivity index (χ3n) is 2.86. The third kappa shape index (κ3) is 2.47. The fourth-order valence-electron chi connectivity index (χ4n) is 1.90. The number of hydrogen-bond donors (Lipinski definition) is 2. The van der Waals surface area contributed by atoms with Crippen LogP contribution in [0.3, 0.4) is 0 Å². The van der Waals surface area contributed by atoms with E-state index in [1.807, 2.05) is 36.5 Å². The van der Waals surface area contributed by atoms with E-state index in [0.29, 0.717) is 18.8 Å². The summed E-state index contributed by atoms with van der Waals surface area (Å²) >= 11 is 0. The number of H-pyrrole nitrogens is 1. The van der Waals surface area contributed by atoms with Gasteiger partial charge in [0.1, 0.15) is 0 Å². The molecule has 1 amide bonds. The van der Waals surface area contributed by atoms with Gasteiger partial charge < -0.3 is 5.32 Å². The third-order valence-corrected chi connectivity index (χ3v) is 2.86. The first-order valence-corrected chi connectivity index (χ1v) is 6.03. The number of rotatable bonds is 4. The lowest BCUT2D eigenvalue weighted by Gasteiger charge is -2.03. The molecule has 1 aromatic carbocycles. The smallest absolute Gasteiger partial charge is 0.227 e. The highest BCUT2D eigenvalue weighted by Crippen LogP contribution is 2.19. The molecule has 2 aromatic heterocycles. The first-order valence-electron chi connectivity index (χ1n) is 6.03. The van der Waals surface area contributed by atoms with Gasteiger partial charge in [0.15, 0.2) is 5.82 Å². The maximum Gasteiger partial charge on any atom is 0.227 e. The molecule has 0 bridgehead atoms. The average Bonchev–Trinajstić information content (AvgIpc) is 3.07. The second-order valence-corrected chi connectivity index (χ2v) is 4.19. The van der Waals surface area contributed by atoms with Crippen molar-refractivity contribution in [1.82, 2.24) is 20.0 Å². The van der Waals surface area contributed by atoms with Crippen LogP contribution in [0.25, 0.3) is 10.9 Å². The number of aryl methyl sites for hydroxylation is 1. The number of para-hydroxylation sites is 1. The predicted octanol–water partition coefficient (Wildman–Crippen LogP) is 1.79. The summed E-state index contributed by atoms with van der Waals surface area (Å²) in [4.78, 5) is 11.8. The summed E-state index contributed by atoms with van der Waals surface area (Å²) < 4.78 is 1.72. The largest absolute Gasteiger partial charge is 0.309 e. The van der Waals surface area contributed by atoms with Crippen LogP contribution in [0.4, 0.5) is 5.82 Å². The Morgan fingerprint density at radius 3 is 3.05 bits per heavy atom. The van der Waals surface area contributed by atoms with Crippen LogP contribution in [0, 0.1) is 0 Å². The lowest BCUT2D eigenvalue weighted by atomic mass is 10.2. The molecule has 0 spiro atoms. The number of carbonyl (C=O) groups excluding carboxylic acids is 1. The van der Waals surface area contributed by atoms with Crippen molar-refractivity contribution in [2.45, 2.75) is 13.0 Å². The summed E-state index contributed by atoms with van der Waals surface area (Å²) in [6.45, 7) is 0.557. The quantitative estimate of drug-likeness (QED) is 0.746. The molecule has 6 nitrogen and oxygen atoms in total. The molecule has 0 saturated carbocycles. The zero-order chi connectivity index (χ0) is 13.1. The van der Waals surface area contributed by atoms with E-state index in [4.69, 9.17) is 0 Å². The van der Waals surface area contributed by atoms with Gasteiger partial charge in [-0.15, -0.1) is 0 Å². The normalized spacial score (nSPS) is 10.7. The van der Waals surface area contributed by atoms with Gasteiger partial charge in [-0.2, -0.15) is 10.2 Å². The van der Waals surface area contributed by atoms with E-state index in [9.17, 15) is 4.79 Å². The van der Waals surface area contributed by atoms with Gasteiger partial charge in [-0.05, 0) is 18.2 Å². The Hall–Kier alpha value is -2.63. The topological polar surface area (TPSA) is 75.6 Å². The number of benzene rings is 1. The van der Waals surface area contributed by atoms with E-state index in [1.54, 1.807) is 10.9 Å². The molecule has 0 radical (unpaired) electrons. The molecule has 0 aliphatic heterocycles. The highest BCUT2D eigenvalue weighted by atomic mass is 16.1. The van der Waals surface area contributed by atoms with E-state index in [0.717, 1.165) is 10.9 Å². The standard InChI is InChI=1S/C13H13N5O/c19-12(6-9-18-8-3-7-14-18)15-13-10-4-1-2-5-11(10)16-17-13/h1-5,7-8H,6,9H2,(H2,15,16,17,19). The number of amides is 1. The Labute approximate surface area is 109 Å². The van der Waals surface area contributed by atoms with E-state index >= 15 is 0 Å². The molecule has 96 valence electrons. The Kier molecular flexibility index (Phi) is 2.97. The molecular weight excluding hydrogens is 242 g/mol. The second-order valence-electron chi connectivity index (χ2n) is 4.19. The van der Waals surface area contributed by atoms with Crippen LogP contribution in [-0.2, 0) is 11.3 Å². The number of carbonyl (C=O) groups is 1. The van der Waals surface area contributed by atoms with Gasteiger partial charge in [0.25, 0.3) is 0 Å². The summed E-state index contributed by atoms with van der Waals surface area (Å²) in [5.41, 5.74) is 0.907. The number of nitrogens with zero attached hydrogens (tertiary/aromatic N) is 3. The van der Waals surface area contributed by atoms with Gasteiger partial charge in [0.2, 0.25) is 5.91 Å². The molecular formula is C13H13N5O. The highest BCUT2D eigenvalue weighted by molar-refractivity contribution is 5.99. The lowest BCUT2D eigenvalue weighted by molar-refractivity contribution is -0.116. The number of aromatic nitrogens is 4. The van der Waals surface area contributed by atoms with E-state index in [1.165, 1.54) is 0 Å². The highest BCUT2D eigenvalue weighted by Gasteiger charge is 2.08. The molecule has 19 heavy (non-hydrogen) atoms. The van der Waals surface area contributed by atoms with Gasteiger partial charge in [0, 0.05) is 30.7 Å². The number of aromatic amines is 1. The van der Waals surface area contributed by atoms with Crippen molar-refractivity contribution in [3.8, 4) is 0 Å². The zero-order valence-corrected chi connectivity index (χ0v) is 10.2. The predicted molar refractivity (Wildman–Crippen MR) is 71.6 cm³/mol. The van der Waals surface area contributed by atoms with Crippen LogP contribution in [0.1, 0.15) is 6.42 Å². The molecule has 0 atom stereocenters. The van der Waals surface area contributed by atoms with Gasteiger partial charge in [0.05, 0.1) is 5.52 Å². The van der Waals surface area contributed by atoms with Crippen molar-refractivity contribution in [3.05, 3.63) is 42.7 Å². The number of fused-ring (bicyclic) bond motifs is 1. The van der Waals surface area contributed by atoms with Crippen LogP contribution in [0.2, 0.25) is 0 Å². The van der Waals surface area contributed by atoms with Crippen LogP contribution >= 0.6 is 0 Å². The van der Waals surface area contributed by atoms with Crippen molar-refractivity contribution in [2.24, 2.45) is 0 Å². The SMILES string of the molecule is O=C(CCn1cccn1)Nc1n[nH]c2ccccc12. The molecule has 0 aliphatic carbocycles. The minimum atomic E-state index is -0.0762. The Morgan fingerprint density at radius 1 is 1.32 bits per heavy atom. The molecule has 0 fully saturated rings. The average molecular weight is 255 g/mol. The van der Waals surface area contributed by atoms with Crippen LogP contribution in [0.15, 0.2) is 42.7 Å². The Bertz CT molecular complexity index is 686. The van der Waals surface area contributed by atoms with Crippen molar-refractivity contribution in [2.75, 3.05) is 5.32 Å². The minimum Gasteiger partial charge on any atom is -0.309 e. The van der Waals surface area contributed by atoms with Crippen molar-refractivity contribution in [3.63, 3.8) is 0 Å². The molecule has 2 heterocycles. The maximum absolute atomic E-state index is 11.8. The summed E-state index contributed by atoms with van der Waals surface area (Å²) in [6, 6.07) is 9.50. The van der Waals surface area contributed by atoms with Gasteiger partial charge in [-0.1, -0.05) is 12.1 Å². The first kappa shape index (κ1) is 11.5. The maximum atomic E-state index is 11.8. The molecule has 3 aromatic rings. The molecule has 0 aliphatic rings. The van der Waals surface area contributed by atoms with E-state index < -0.39 is 0 Å². The lowest BCUT2D eigenvalue weighted by Crippen LogP contribution is -2.15. The first-order chi connectivity index (χ1) is 9.33. The summed E-state index contributed by atoms with van der Waals surface area (Å²) in [7, 11) is 0. The summed E-state index contributed by atoms with van der Waals surface area (Å²) in [5, 5.41) is 14.7. The zero-order valence-electron chi connectivity index (χ0n) is 10.2. The van der Waals surface area contributed by atoms with Crippen LogP contribution in [-0.4, -0.2) is 25.9 Å². The minimum absolute atomic E-state index is 0.0762. The summed E-state index contributed by atoms with van der Waals surface area (Å²) in [5.74, 6) is 0.494. The fraction of sp³-hybridized carbons (Fsp3) is 0.154. The number of hydrogen-bond acceptors (Lipinski definition) is 3. The van der Waals surface area contributed by atoms with E-state index in [2.05, 4.69) is 20.6 Å². The Balaban J connectivity index is 1.66. The molecule has 0 saturated heterocycles. The monoisotopic (exact) mass is 255 g/mol. The summed E-state index contributed by atoms with van der Waals surface area (Å²) in [6.07, 6.45) is 3.89. The molecule has 3 rings (SSSR count). The van der Waals surface area contributed by atoms with Crippen molar-refractivity contribution >= 4 is 22.6 Å². The van der Waals surface area contributed by atoms with Crippen LogP contribution in [0.5, 0.6) is 0 Å². The van der Waals surface area contributed by atoms with E-state index in [-0.39, 0.29) is 5.91 Å². The molecule has 6 heteroatoms.